The van der Waals surface area contributed by atoms with E-state index < -0.39 is 24.1 Å². The summed E-state index contributed by atoms with van der Waals surface area (Å²) >= 11 is 0. The van der Waals surface area contributed by atoms with Gasteiger partial charge in [-0.2, -0.15) is 0 Å². The number of aliphatic hydroxyl groups is 1. The summed E-state index contributed by atoms with van der Waals surface area (Å²) in [4.78, 5) is 22.8. The summed E-state index contributed by atoms with van der Waals surface area (Å²) in [5.41, 5.74) is 0. The minimum atomic E-state index is -0.993. The number of hydrogen-bond acceptors (Lipinski definition) is 4. The lowest BCUT2D eigenvalue weighted by Crippen LogP contribution is -2.43. The van der Waals surface area contributed by atoms with Crippen molar-refractivity contribution in [3.05, 3.63) is 24.3 Å². The molecular weight excluding hydrogens is 322 g/mol. The predicted molar refractivity (Wildman–Crippen MR) is 98.1 cm³/mol. The molecule has 6 nitrogen and oxygen atoms in total. The molecule has 6 heteroatoms. The number of unbranched alkanes of at least 4 members (excludes halogenated alkanes) is 1. The topological polar surface area (TPSA) is 83.8 Å². The highest BCUT2D eigenvalue weighted by atomic mass is 16.5. The van der Waals surface area contributed by atoms with Gasteiger partial charge >= 0.3 is 11.9 Å². The summed E-state index contributed by atoms with van der Waals surface area (Å²) in [5, 5.41) is 18.8. The smallest absolute Gasteiger partial charge is 0.307 e. The molecule has 0 radical (unpaired) electrons. The first-order valence-corrected chi connectivity index (χ1v) is 8.85. The van der Waals surface area contributed by atoms with E-state index in [2.05, 4.69) is 13.0 Å². The number of aliphatic hydroxyl groups excluding tert-OH is 1. The Hall–Kier alpha value is -1.66. The van der Waals surface area contributed by atoms with Crippen LogP contribution in [-0.4, -0.2) is 66.5 Å². The summed E-state index contributed by atoms with van der Waals surface area (Å²) < 4.78 is 5.79. The number of hydrogen-bond donors (Lipinski definition) is 2. The van der Waals surface area contributed by atoms with E-state index in [1.54, 1.807) is 0 Å². The second-order valence-corrected chi connectivity index (χ2v) is 7.26. The molecular formula is C19H34NO5+. The van der Waals surface area contributed by atoms with Crippen LogP contribution in [0, 0.1) is 0 Å². The molecule has 25 heavy (non-hydrogen) atoms. The fourth-order valence-electron chi connectivity index (χ4n) is 2.25. The third kappa shape index (κ3) is 15.6. The highest BCUT2D eigenvalue weighted by Gasteiger charge is 2.24. The number of likely N-dealkylation sites (N-methyl/N-ethyl adjacent to an activating group) is 1. The first kappa shape index (κ1) is 23.3. The molecule has 0 aromatic rings. The number of ether oxygens (including phenoxy) is 1. The van der Waals surface area contributed by atoms with Gasteiger partial charge in [-0.3, -0.25) is 9.59 Å². The third-order valence-corrected chi connectivity index (χ3v) is 3.38. The van der Waals surface area contributed by atoms with E-state index in [1.807, 2.05) is 39.4 Å². The van der Waals surface area contributed by atoms with Crippen LogP contribution in [0.2, 0.25) is 0 Å². The normalized spacial score (nSPS) is 14.8. The molecule has 0 aromatic heterocycles. The molecule has 0 fully saturated rings. The van der Waals surface area contributed by atoms with Gasteiger partial charge in [0.15, 0.2) is 6.10 Å². The van der Waals surface area contributed by atoms with E-state index in [0.717, 1.165) is 12.8 Å². The van der Waals surface area contributed by atoms with E-state index in [-0.39, 0.29) is 12.8 Å². The molecule has 2 atom stereocenters. The van der Waals surface area contributed by atoms with E-state index >= 15 is 0 Å². The Labute approximate surface area is 151 Å². The van der Waals surface area contributed by atoms with Crippen LogP contribution in [0.15, 0.2) is 24.3 Å². The van der Waals surface area contributed by atoms with Crippen molar-refractivity contribution >= 4 is 11.9 Å². The molecule has 0 bridgehead atoms. The summed E-state index contributed by atoms with van der Waals surface area (Å²) in [6, 6.07) is 0. The van der Waals surface area contributed by atoms with Gasteiger partial charge in [0.05, 0.1) is 33.7 Å². The van der Waals surface area contributed by atoms with Gasteiger partial charge in [0.1, 0.15) is 6.54 Å². The van der Waals surface area contributed by atoms with Crippen LogP contribution >= 0.6 is 0 Å². The number of carbonyl (C=O) groups excluding carboxylic acids is 1. The Morgan fingerprint density at radius 2 is 1.80 bits per heavy atom. The number of carboxylic acid groups (broad SMARTS) is 1. The van der Waals surface area contributed by atoms with Crippen LogP contribution in [0.5, 0.6) is 0 Å². The molecule has 0 aliphatic rings. The first-order valence-electron chi connectivity index (χ1n) is 8.85. The molecule has 2 unspecified atom stereocenters. The second-order valence-electron chi connectivity index (χ2n) is 7.26. The lowest BCUT2D eigenvalue weighted by molar-refractivity contribution is -0.873. The first-order chi connectivity index (χ1) is 11.6. The minimum absolute atomic E-state index is 0.0773. The molecule has 0 heterocycles. The zero-order chi connectivity index (χ0) is 19.3. The Morgan fingerprint density at radius 1 is 1.16 bits per heavy atom. The number of nitrogens with zero attached hydrogens (tertiary/aromatic N) is 1. The van der Waals surface area contributed by atoms with Gasteiger partial charge in [0.25, 0.3) is 0 Å². The highest BCUT2D eigenvalue weighted by molar-refractivity contribution is 5.71. The quantitative estimate of drug-likeness (QED) is 0.301. The van der Waals surface area contributed by atoms with Gasteiger partial charge in [-0.05, 0) is 19.3 Å². The Balaban J connectivity index is 4.22. The summed E-state index contributed by atoms with van der Waals surface area (Å²) in [5.74, 6) is -1.46. The van der Waals surface area contributed by atoms with Gasteiger partial charge in [0.2, 0.25) is 0 Å². The van der Waals surface area contributed by atoms with Crippen molar-refractivity contribution in [3.63, 3.8) is 0 Å². The summed E-state index contributed by atoms with van der Waals surface area (Å²) in [6.07, 6.45) is 9.27. The maximum Gasteiger partial charge on any atom is 0.307 e. The average molecular weight is 356 g/mol. The Bertz CT molecular complexity index is 451. The number of allylic oxidation sites excluding steroid dienone is 3. The zero-order valence-electron chi connectivity index (χ0n) is 16.0. The van der Waals surface area contributed by atoms with Crippen LogP contribution in [0.3, 0.4) is 0 Å². The number of quaternary nitrogens is 1. The fourth-order valence-corrected chi connectivity index (χ4v) is 2.25. The van der Waals surface area contributed by atoms with Crippen LogP contribution in [0.4, 0.5) is 0 Å². The lowest BCUT2D eigenvalue weighted by atomic mass is 10.1. The standard InChI is InChI=1S/C19H33NO5/c1-5-6-7-8-9-10-11-16(21)12-13-19(24)25-17(14-18(22)23)15-20(2,3)4/h7-10,16-17,21H,5-6,11-15H2,1-4H3/p+1/b8-7+,10-9+. The van der Waals surface area contributed by atoms with Crippen LogP contribution < -0.4 is 0 Å². The number of rotatable bonds is 13. The average Bonchev–Trinajstić information content (AvgIpc) is 2.46. The maximum atomic E-state index is 11.9. The van der Waals surface area contributed by atoms with Crippen molar-refractivity contribution in [2.75, 3.05) is 27.7 Å². The minimum Gasteiger partial charge on any atom is -0.481 e. The molecule has 0 amide bonds. The number of esters is 1. The maximum absolute atomic E-state index is 11.9. The Kier molecular flexibility index (Phi) is 11.8. The van der Waals surface area contributed by atoms with Crippen LogP contribution in [0.1, 0.15) is 45.4 Å². The van der Waals surface area contributed by atoms with Gasteiger partial charge in [-0.1, -0.05) is 37.6 Å². The molecule has 0 spiro atoms. The molecule has 0 saturated carbocycles. The van der Waals surface area contributed by atoms with Gasteiger partial charge in [-0.25, -0.2) is 0 Å². The monoisotopic (exact) mass is 356 g/mol. The summed E-state index contributed by atoms with van der Waals surface area (Å²) in [7, 11) is 5.73. The molecule has 0 rings (SSSR count). The van der Waals surface area contributed by atoms with Gasteiger partial charge in [-0.15, -0.1) is 0 Å². The van der Waals surface area contributed by atoms with Crippen LogP contribution in [0.25, 0.3) is 0 Å². The second kappa shape index (κ2) is 12.7. The fraction of sp³-hybridized carbons (Fsp3) is 0.684. The van der Waals surface area contributed by atoms with E-state index in [4.69, 9.17) is 9.84 Å². The molecule has 2 N–H and O–H groups in total. The third-order valence-electron chi connectivity index (χ3n) is 3.38. The highest BCUT2D eigenvalue weighted by Crippen LogP contribution is 2.09. The van der Waals surface area contributed by atoms with Gasteiger partial charge in [0, 0.05) is 6.42 Å². The molecule has 0 aliphatic carbocycles. The molecule has 0 saturated heterocycles. The molecule has 0 aromatic carbocycles. The lowest BCUT2D eigenvalue weighted by Gasteiger charge is -2.28. The SMILES string of the molecule is CCC/C=C/C=C/CC(O)CCC(=O)OC(CC(=O)O)C[N+](C)(C)C. The van der Waals surface area contributed by atoms with E-state index in [0.29, 0.717) is 23.9 Å². The number of carboxylic acids is 1. The van der Waals surface area contributed by atoms with Crippen molar-refractivity contribution in [1.82, 2.24) is 0 Å². The van der Waals surface area contributed by atoms with Crippen molar-refractivity contribution in [2.45, 2.75) is 57.7 Å². The van der Waals surface area contributed by atoms with E-state index in [1.165, 1.54) is 0 Å². The van der Waals surface area contributed by atoms with Crippen molar-refractivity contribution < 1.29 is 29.0 Å². The molecule has 0 aliphatic heterocycles. The Morgan fingerprint density at radius 3 is 2.36 bits per heavy atom. The van der Waals surface area contributed by atoms with Crippen molar-refractivity contribution in [3.8, 4) is 0 Å². The van der Waals surface area contributed by atoms with Gasteiger partial charge < -0.3 is 19.4 Å². The number of aliphatic carboxylic acids is 1. The largest absolute Gasteiger partial charge is 0.481 e. The van der Waals surface area contributed by atoms with E-state index in [9.17, 15) is 14.7 Å². The zero-order valence-corrected chi connectivity index (χ0v) is 16.0. The predicted octanol–water partition coefficient (Wildman–Crippen LogP) is 2.52. The number of carbonyl (C=O) groups is 2. The summed E-state index contributed by atoms with van der Waals surface area (Å²) in [6.45, 7) is 2.53. The van der Waals surface area contributed by atoms with Crippen LogP contribution in [-0.2, 0) is 14.3 Å². The van der Waals surface area contributed by atoms with Crippen molar-refractivity contribution in [1.29, 1.82) is 0 Å². The molecule has 144 valence electrons. The van der Waals surface area contributed by atoms with Crippen molar-refractivity contribution in [2.24, 2.45) is 0 Å².